The molecule has 0 saturated heterocycles. The lowest BCUT2D eigenvalue weighted by Crippen LogP contribution is -2.48. The Kier molecular flexibility index (Phi) is 9.49. The minimum absolute atomic E-state index is 0.104. The van der Waals surface area contributed by atoms with Gasteiger partial charge in [-0.3, -0.25) is 9.89 Å². The molecule has 2 rings (SSSR count). The van der Waals surface area contributed by atoms with E-state index in [1.54, 1.807) is 18.0 Å². The molecule has 0 aliphatic rings. The van der Waals surface area contributed by atoms with Gasteiger partial charge < -0.3 is 15.0 Å². The van der Waals surface area contributed by atoms with Crippen LogP contribution in [0.15, 0.2) is 30.3 Å². The number of hydrogen-bond donors (Lipinski definition) is 2. The normalized spacial score (nSPS) is 11.9. The second-order valence-electron chi connectivity index (χ2n) is 8.18. The molecule has 2 aromatic rings. The molecule has 2 N–H and O–H groups in total. The molecule has 0 bridgehead atoms. The molecule has 0 spiro atoms. The van der Waals surface area contributed by atoms with Crippen molar-refractivity contribution in [2.75, 3.05) is 20.7 Å². The Hall–Kier alpha value is -2.90. The first kappa shape index (κ1) is 24.4. The molecule has 1 unspecified atom stereocenters. The number of ether oxygens (including phenoxy) is 1. The van der Waals surface area contributed by atoms with Gasteiger partial charge in [-0.15, -0.1) is 0 Å². The molecule has 2 amide bonds. The lowest BCUT2D eigenvalue weighted by atomic mass is 10.0. The lowest BCUT2D eigenvalue weighted by molar-refractivity contribution is -0.132. The van der Waals surface area contributed by atoms with Crippen molar-refractivity contribution in [1.82, 2.24) is 20.4 Å². The number of alkyl carbamates (subject to hydrolysis) is 1. The first-order valence-electron chi connectivity index (χ1n) is 10.7. The number of nitrogens with zero attached hydrogens (tertiary/aromatic N) is 2. The number of aromatic amines is 1. The highest BCUT2D eigenvalue weighted by molar-refractivity contribution is 5.85. The van der Waals surface area contributed by atoms with Gasteiger partial charge >= 0.3 is 6.09 Å². The molecule has 0 fully saturated rings. The molecule has 7 nitrogen and oxygen atoms in total. The number of likely N-dealkylation sites (N-methyl/N-ethyl adjacent to an activating group) is 1. The molecule has 0 saturated carbocycles. The molecular formula is C23H33FN4O3. The third-order valence-corrected chi connectivity index (χ3v) is 5.05. The largest absolute Gasteiger partial charge is 0.453 e. The number of aromatic nitrogens is 2. The number of hydrogen-bond acceptors (Lipinski definition) is 4. The van der Waals surface area contributed by atoms with Gasteiger partial charge in [-0.1, -0.05) is 32.4 Å². The van der Waals surface area contributed by atoms with Crippen molar-refractivity contribution < 1.29 is 18.7 Å². The molecule has 31 heavy (non-hydrogen) atoms. The van der Waals surface area contributed by atoms with E-state index in [1.807, 2.05) is 26.0 Å². The zero-order valence-corrected chi connectivity index (χ0v) is 18.8. The number of aryl methyl sites for hydroxylation is 1. The van der Waals surface area contributed by atoms with E-state index < -0.39 is 12.1 Å². The Balaban J connectivity index is 1.75. The lowest BCUT2D eigenvalue weighted by Gasteiger charge is -2.25. The minimum Gasteiger partial charge on any atom is -0.453 e. The average molecular weight is 433 g/mol. The number of benzene rings is 1. The SMILES string of the molecule is COC(=O)NC(CC(C)C)C(=O)N(C)CCCCCc1cc(-c2cccc(F)c2)n[nH]1. The van der Waals surface area contributed by atoms with E-state index in [0.29, 0.717) is 13.0 Å². The third kappa shape index (κ3) is 8.03. The Morgan fingerprint density at radius 2 is 2.00 bits per heavy atom. The number of carbonyl (C=O) groups excluding carboxylic acids is 2. The number of halogens is 1. The van der Waals surface area contributed by atoms with E-state index in [1.165, 1.54) is 19.2 Å². The number of rotatable bonds is 11. The van der Waals surface area contributed by atoms with Crippen LogP contribution in [-0.4, -0.2) is 53.8 Å². The Bertz CT molecular complexity index is 853. The molecule has 1 heterocycles. The standard InChI is InChI=1S/C23H33FN4O3/c1-16(2)13-21(25-23(30)31-4)22(29)28(3)12-7-5-6-11-19-15-20(27-26-19)17-9-8-10-18(24)14-17/h8-10,14-16,21H,5-7,11-13H2,1-4H3,(H,25,30)(H,26,27). The van der Waals surface area contributed by atoms with Crippen LogP contribution in [0.1, 0.15) is 45.2 Å². The zero-order chi connectivity index (χ0) is 22.8. The van der Waals surface area contributed by atoms with E-state index >= 15 is 0 Å². The highest BCUT2D eigenvalue weighted by Crippen LogP contribution is 2.19. The molecule has 1 aromatic carbocycles. The highest BCUT2D eigenvalue weighted by Gasteiger charge is 2.25. The zero-order valence-electron chi connectivity index (χ0n) is 18.8. The van der Waals surface area contributed by atoms with Gasteiger partial charge in [-0.2, -0.15) is 5.10 Å². The van der Waals surface area contributed by atoms with Gasteiger partial charge in [-0.25, -0.2) is 9.18 Å². The summed E-state index contributed by atoms with van der Waals surface area (Å²) in [6.07, 6.45) is 3.56. The van der Waals surface area contributed by atoms with Gasteiger partial charge in [-0.05, 0) is 49.8 Å². The maximum atomic E-state index is 13.4. The van der Waals surface area contributed by atoms with Crippen molar-refractivity contribution in [3.05, 3.63) is 41.8 Å². The van der Waals surface area contributed by atoms with Crippen LogP contribution in [0.2, 0.25) is 0 Å². The molecule has 1 atom stereocenters. The van der Waals surface area contributed by atoms with Crippen molar-refractivity contribution in [3.8, 4) is 11.3 Å². The summed E-state index contributed by atoms with van der Waals surface area (Å²) in [5, 5.41) is 9.91. The summed E-state index contributed by atoms with van der Waals surface area (Å²) in [7, 11) is 3.05. The van der Waals surface area contributed by atoms with Crippen LogP contribution in [0, 0.1) is 11.7 Å². The maximum Gasteiger partial charge on any atom is 0.407 e. The Morgan fingerprint density at radius 1 is 1.23 bits per heavy atom. The van der Waals surface area contributed by atoms with Crippen LogP contribution < -0.4 is 5.32 Å². The number of nitrogens with one attached hydrogen (secondary N) is 2. The minimum atomic E-state index is -0.593. The predicted octanol–water partition coefficient (Wildman–Crippen LogP) is 4.16. The van der Waals surface area contributed by atoms with Crippen molar-refractivity contribution >= 4 is 12.0 Å². The van der Waals surface area contributed by atoms with Crippen LogP contribution in [0.3, 0.4) is 0 Å². The molecule has 170 valence electrons. The summed E-state index contributed by atoms with van der Waals surface area (Å²) in [6.45, 7) is 4.64. The van der Waals surface area contributed by atoms with E-state index in [-0.39, 0.29) is 17.6 Å². The van der Waals surface area contributed by atoms with Crippen LogP contribution in [0.4, 0.5) is 9.18 Å². The average Bonchev–Trinajstić information content (AvgIpc) is 3.21. The van der Waals surface area contributed by atoms with E-state index in [2.05, 4.69) is 20.3 Å². The van der Waals surface area contributed by atoms with Crippen molar-refractivity contribution in [1.29, 1.82) is 0 Å². The van der Waals surface area contributed by atoms with Gasteiger partial charge in [0.25, 0.3) is 0 Å². The molecule has 0 aliphatic heterocycles. The van der Waals surface area contributed by atoms with Gasteiger partial charge in [0.15, 0.2) is 0 Å². The first-order chi connectivity index (χ1) is 14.8. The van der Waals surface area contributed by atoms with Crippen molar-refractivity contribution in [2.45, 2.75) is 52.0 Å². The number of H-pyrrole nitrogens is 1. The van der Waals surface area contributed by atoms with Gasteiger partial charge in [0.05, 0.1) is 12.8 Å². The number of methoxy groups -OCH3 is 1. The van der Waals surface area contributed by atoms with Gasteiger partial charge in [0.2, 0.25) is 5.91 Å². The quantitative estimate of drug-likeness (QED) is 0.522. The van der Waals surface area contributed by atoms with Crippen LogP contribution in [0.25, 0.3) is 11.3 Å². The van der Waals surface area contributed by atoms with Crippen LogP contribution >= 0.6 is 0 Å². The number of unbranched alkanes of at least 4 members (excludes halogenated alkanes) is 2. The highest BCUT2D eigenvalue weighted by atomic mass is 19.1. The molecule has 8 heteroatoms. The monoisotopic (exact) mass is 432 g/mol. The fourth-order valence-corrected chi connectivity index (χ4v) is 3.40. The van der Waals surface area contributed by atoms with Crippen LogP contribution in [0.5, 0.6) is 0 Å². The van der Waals surface area contributed by atoms with E-state index in [4.69, 9.17) is 0 Å². The number of amides is 2. The summed E-state index contributed by atoms with van der Waals surface area (Å²) in [5.41, 5.74) is 2.48. The maximum absolute atomic E-state index is 13.4. The van der Waals surface area contributed by atoms with Gasteiger partial charge in [0, 0.05) is 24.8 Å². The summed E-state index contributed by atoms with van der Waals surface area (Å²) >= 11 is 0. The summed E-state index contributed by atoms with van der Waals surface area (Å²) in [4.78, 5) is 25.9. The summed E-state index contributed by atoms with van der Waals surface area (Å²) in [5.74, 6) is -0.114. The topological polar surface area (TPSA) is 87.3 Å². The molecule has 0 aliphatic carbocycles. The number of carbonyl (C=O) groups is 2. The predicted molar refractivity (Wildman–Crippen MR) is 118 cm³/mol. The smallest absolute Gasteiger partial charge is 0.407 e. The molecular weight excluding hydrogens is 399 g/mol. The first-order valence-corrected chi connectivity index (χ1v) is 10.7. The molecule has 1 aromatic heterocycles. The van der Waals surface area contributed by atoms with Crippen molar-refractivity contribution in [2.24, 2.45) is 5.92 Å². The Labute approximate surface area is 183 Å². The Morgan fingerprint density at radius 3 is 2.68 bits per heavy atom. The van der Waals surface area contributed by atoms with E-state index in [9.17, 15) is 14.0 Å². The van der Waals surface area contributed by atoms with Crippen molar-refractivity contribution in [3.63, 3.8) is 0 Å². The van der Waals surface area contributed by atoms with E-state index in [0.717, 1.165) is 42.6 Å². The second-order valence-corrected chi connectivity index (χ2v) is 8.18. The second kappa shape index (κ2) is 12.1. The fraction of sp³-hybridized carbons (Fsp3) is 0.522. The third-order valence-electron chi connectivity index (χ3n) is 5.05. The molecule has 0 radical (unpaired) electrons. The van der Waals surface area contributed by atoms with Crippen LogP contribution in [-0.2, 0) is 16.0 Å². The summed E-state index contributed by atoms with van der Waals surface area (Å²) in [6, 6.07) is 7.74. The fourth-order valence-electron chi connectivity index (χ4n) is 3.40. The van der Waals surface area contributed by atoms with Gasteiger partial charge in [0.1, 0.15) is 11.9 Å². The summed E-state index contributed by atoms with van der Waals surface area (Å²) < 4.78 is 18.0.